The molecule has 1 atom stereocenters. The highest BCUT2D eigenvalue weighted by atomic mass is 32.1. The fraction of sp³-hybridized carbons (Fsp3) is 0.577. The molecule has 188 valence electrons. The summed E-state index contributed by atoms with van der Waals surface area (Å²) in [5.74, 6) is 3.28. The van der Waals surface area contributed by atoms with Crippen LogP contribution in [-0.2, 0) is 4.74 Å². The zero-order valence-corrected chi connectivity index (χ0v) is 21.5. The van der Waals surface area contributed by atoms with E-state index in [0.717, 1.165) is 76.3 Å². The van der Waals surface area contributed by atoms with Gasteiger partial charge in [0, 0.05) is 64.2 Å². The lowest BCUT2D eigenvalue weighted by Crippen LogP contribution is -2.47. The van der Waals surface area contributed by atoms with Crippen LogP contribution < -0.4 is 25.3 Å². The molecule has 0 radical (unpaired) electrons. The molecule has 0 amide bonds. The molecule has 0 spiro atoms. The van der Waals surface area contributed by atoms with Gasteiger partial charge in [-0.25, -0.2) is 0 Å². The van der Waals surface area contributed by atoms with E-state index < -0.39 is 0 Å². The molecule has 2 N–H and O–H groups in total. The minimum atomic E-state index is 0.230. The predicted octanol–water partition coefficient (Wildman–Crippen LogP) is 3.50. The summed E-state index contributed by atoms with van der Waals surface area (Å²) in [6.07, 6.45) is 4.81. The van der Waals surface area contributed by atoms with E-state index >= 15 is 0 Å². The molecule has 2 aromatic rings. The normalized spacial score (nSPS) is 21.3. The van der Waals surface area contributed by atoms with Gasteiger partial charge in [-0.15, -0.1) is 0 Å². The second kappa shape index (κ2) is 11.4. The lowest BCUT2D eigenvalue weighted by molar-refractivity contribution is 0.114. The van der Waals surface area contributed by atoms with Crippen molar-refractivity contribution >= 4 is 40.6 Å². The van der Waals surface area contributed by atoms with Crippen molar-refractivity contribution in [1.82, 2.24) is 15.3 Å². The molecule has 3 saturated heterocycles. The van der Waals surface area contributed by atoms with Gasteiger partial charge in [0.1, 0.15) is 11.6 Å². The third-order valence-electron chi connectivity index (χ3n) is 7.27. The predicted molar refractivity (Wildman–Crippen MR) is 147 cm³/mol. The van der Waals surface area contributed by atoms with Gasteiger partial charge in [0.2, 0.25) is 5.95 Å². The first-order valence-electron chi connectivity index (χ1n) is 13.0. The number of nitrogens with zero attached hydrogens (tertiary/aromatic N) is 5. The molecular weight excluding hydrogens is 458 g/mol. The van der Waals surface area contributed by atoms with E-state index in [1.165, 1.54) is 18.5 Å². The Balaban J connectivity index is 1.28. The standard InChI is InChI=1S/C26H37N7OS/c1-20-9-11-32(12-10-20)23-18-24(33-15-13-31(14-16-33)21-6-3-2-4-7-21)29-25(28-23)30-26(35)27-19-22-8-5-17-34-22/h2-4,6-7,18,20,22H,5,8-17,19H2,1H3,(H2,27,28,29,30,35)/t22-/m0/s1. The van der Waals surface area contributed by atoms with Crippen LogP contribution >= 0.6 is 12.2 Å². The van der Waals surface area contributed by atoms with Crippen LogP contribution in [-0.4, -0.2) is 73.6 Å². The van der Waals surface area contributed by atoms with Gasteiger partial charge >= 0.3 is 0 Å². The Hall–Kier alpha value is -2.65. The Kier molecular flexibility index (Phi) is 7.83. The Bertz CT molecular complexity index is 969. The molecule has 3 aliphatic rings. The molecule has 5 rings (SSSR count). The highest BCUT2D eigenvalue weighted by Crippen LogP contribution is 2.27. The van der Waals surface area contributed by atoms with Crippen LogP contribution in [0.5, 0.6) is 0 Å². The highest BCUT2D eigenvalue weighted by molar-refractivity contribution is 7.80. The number of rotatable bonds is 6. The summed E-state index contributed by atoms with van der Waals surface area (Å²) in [6.45, 7) is 9.72. The third kappa shape index (κ3) is 6.32. The zero-order valence-electron chi connectivity index (χ0n) is 20.7. The lowest BCUT2D eigenvalue weighted by Gasteiger charge is -2.37. The summed E-state index contributed by atoms with van der Waals surface area (Å²) in [7, 11) is 0. The number of benzene rings is 1. The molecule has 4 heterocycles. The summed E-state index contributed by atoms with van der Waals surface area (Å²) in [5.41, 5.74) is 1.28. The Morgan fingerprint density at radius 1 is 0.943 bits per heavy atom. The topological polar surface area (TPSA) is 68.8 Å². The Morgan fingerprint density at radius 3 is 2.26 bits per heavy atom. The second-order valence-corrected chi connectivity index (χ2v) is 10.3. The smallest absolute Gasteiger partial charge is 0.232 e. The zero-order chi connectivity index (χ0) is 24.0. The van der Waals surface area contributed by atoms with Crippen molar-refractivity contribution in [2.45, 2.75) is 38.7 Å². The van der Waals surface area contributed by atoms with Crippen molar-refractivity contribution in [2.24, 2.45) is 5.92 Å². The maximum atomic E-state index is 5.70. The van der Waals surface area contributed by atoms with Crippen LogP contribution in [0.25, 0.3) is 0 Å². The van der Waals surface area contributed by atoms with Gasteiger partial charge in [0.05, 0.1) is 6.10 Å². The van der Waals surface area contributed by atoms with Crippen molar-refractivity contribution in [3.05, 3.63) is 36.4 Å². The minimum Gasteiger partial charge on any atom is -0.376 e. The molecule has 8 nitrogen and oxygen atoms in total. The average molecular weight is 496 g/mol. The van der Waals surface area contributed by atoms with E-state index in [1.807, 2.05) is 0 Å². The summed E-state index contributed by atoms with van der Waals surface area (Å²) >= 11 is 5.56. The SMILES string of the molecule is CC1CCN(c2cc(N3CCN(c4ccccc4)CC3)nc(NC(=S)NC[C@@H]3CCCO3)n2)CC1. The number of para-hydroxylation sites is 1. The first-order valence-corrected chi connectivity index (χ1v) is 13.4. The largest absolute Gasteiger partial charge is 0.376 e. The number of nitrogens with one attached hydrogen (secondary N) is 2. The highest BCUT2D eigenvalue weighted by Gasteiger charge is 2.23. The van der Waals surface area contributed by atoms with E-state index in [1.54, 1.807) is 0 Å². The molecule has 0 unspecified atom stereocenters. The molecule has 0 aliphatic carbocycles. The van der Waals surface area contributed by atoms with Crippen molar-refractivity contribution in [2.75, 3.05) is 72.4 Å². The van der Waals surface area contributed by atoms with Gasteiger partial charge in [-0.2, -0.15) is 9.97 Å². The van der Waals surface area contributed by atoms with Crippen LogP contribution in [0.2, 0.25) is 0 Å². The summed E-state index contributed by atoms with van der Waals surface area (Å²) in [4.78, 5) is 16.9. The van der Waals surface area contributed by atoms with E-state index in [9.17, 15) is 0 Å². The van der Waals surface area contributed by atoms with E-state index in [0.29, 0.717) is 17.6 Å². The second-order valence-electron chi connectivity index (χ2n) is 9.86. The van der Waals surface area contributed by atoms with Crippen molar-refractivity contribution in [1.29, 1.82) is 0 Å². The van der Waals surface area contributed by atoms with Gasteiger partial charge in [0.15, 0.2) is 5.11 Å². The van der Waals surface area contributed by atoms with Crippen LogP contribution in [0.3, 0.4) is 0 Å². The number of aromatic nitrogens is 2. The number of ether oxygens (including phenoxy) is 1. The van der Waals surface area contributed by atoms with Crippen LogP contribution in [0, 0.1) is 5.92 Å². The molecule has 9 heteroatoms. The quantitative estimate of drug-likeness (QED) is 0.586. The third-order valence-corrected chi connectivity index (χ3v) is 7.52. The monoisotopic (exact) mass is 495 g/mol. The molecule has 1 aromatic heterocycles. The molecule has 3 aliphatic heterocycles. The number of thiocarbonyl (C=S) groups is 1. The maximum Gasteiger partial charge on any atom is 0.232 e. The fourth-order valence-electron chi connectivity index (χ4n) is 5.03. The van der Waals surface area contributed by atoms with Gasteiger partial charge in [-0.3, -0.25) is 0 Å². The van der Waals surface area contributed by atoms with Crippen LogP contribution in [0.4, 0.5) is 23.3 Å². The molecule has 1 aromatic carbocycles. The van der Waals surface area contributed by atoms with Gasteiger partial charge in [-0.05, 0) is 56.0 Å². The average Bonchev–Trinajstić information content (AvgIpc) is 3.42. The molecule has 35 heavy (non-hydrogen) atoms. The van der Waals surface area contributed by atoms with E-state index in [-0.39, 0.29) is 6.10 Å². The number of anilines is 4. The van der Waals surface area contributed by atoms with E-state index in [4.69, 9.17) is 26.9 Å². The number of piperazine rings is 1. The Morgan fingerprint density at radius 2 is 1.60 bits per heavy atom. The first-order chi connectivity index (χ1) is 17.1. The molecule has 0 bridgehead atoms. The summed E-state index contributed by atoms with van der Waals surface area (Å²) in [6, 6.07) is 12.8. The van der Waals surface area contributed by atoms with Crippen LogP contribution in [0.15, 0.2) is 36.4 Å². The molecule has 3 fully saturated rings. The van der Waals surface area contributed by atoms with Gasteiger partial charge in [0.25, 0.3) is 0 Å². The van der Waals surface area contributed by atoms with Crippen molar-refractivity contribution in [3.63, 3.8) is 0 Å². The summed E-state index contributed by atoms with van der Waals surface area (Å²) in [5, 5.41) is 7.08. The van der Waals surface area contributed by atoms with E-state index in [2.05, 4.69) is 68.7 Å². The molecule has 0 saturated carbocycles. The van der Waals surface area contributed by atoms with Gasteiger partial charge in [-0.1, -0.05) is 25.1 Å². The van der Waals surface area contributed by atoms with Crippen molar-refractivity contribution in [3.8, 4) is 0 Å². The lowest BCUT2D eigenvalue weighted by atomic mass is 9.99. The molecular formula is C26H37N7OS. The fourth-order valence-corrected chi connectivity index (χ4v) is 5.20. The number of hydrogen-bond donors (Lipinski definition) is 2. The summed E-state index contributed by atoms with van der Waals surface area (Å²) < 4.78 is 5.70. The Labute approximate surface area is 214 Å². The minimum absolute atomic E-state index is 0.230. The number of hydrogen-bond acceptors (Lipinski definition) is 7. The first kappa shape index (κ1) is 24.1. The maximum absolute atomic E-state index is 5.70. The van der Waals surface area contributed by atoms with Gasteiger partial charge < -0.3 is 30.1 Å². The van der Waals surface area contributed by atoms with Crippen LogP contribution in [0.1, 0.15) is 32.6 Å². The van der Waals surface area contributed by atoms with Crippen molar-refractivity contribution < 1.29 is 4.74 Å². The number of piperidine rings is 1.